The molecule has 1 heterocycles. The summed E-state index contributed by atoms with van der Waals surface area (Å²) in [5.41, 5.74) is 3.79. The average molecular weight is 397 g/mol. The Balaban J connectivity index is 1.73. The van der Waals surface area contributed by atoms with E-state index in [0.717, 1.165) is 34.2 Å². The first-order valence-electron chi connectivity index (χ1n) is 6.62. The molecule has 4 heteroatoms. The number of ether oxygens (including phenoxy) is 1. The van der Waals surface area contributed by atoms with E-state index in [1.54, 1.807) is 0 Å². The van der Waals surface area contributed by atoms with Gasteiger partial charge in [-0.2, -0.15) is 0 Å². The van der Waals surface area contributed by atoms with Crippen molar-refractivity contribution in [3.8, 4) is 0 Å². The summed E-state index contributed by atoms with van der Waals surface area (Å²) in [6, 6.07) is 14.7. The molecule has 0 aromatic heterocycles. The predicted molar refractivity (Wildman–Crippen MR) is 89.2 cm³/mol. The normalized spacial score (nSPS) is 17.6. The van der Waals surface area contributed by atoms with Gasteiger partial charge in [0, 0.05) is 21.2 Å². The van der Waals surface area contributed by atoms with Crippen molar-refractivity contribution in [3.63, 3.8) is 0 Å². The second-order valence-corrected chi connectivity index (χ2v) is 6.58. The minimum atomic E-state index is 0.121. The van der Waals surface area contributed by atoms with Crippen LogP contribution in [0.3, 0.4) is 0 Å². The molecule has 1 unspecified atom stereocenters. The maximum atomic E-state index is 5.90. The summed E-state index contributed by atoms with van der Waals surface area (Å²) in [7, 11) is 0. The third-order valence-corrected chi connectivity index (χ3v) is 4.65. The van der Waals surface area contributed by atoms with Crippen molar-refractivity contribution >= 4 is 37.5 Å². The number of benzene rings is 2. The van der Waals surface area contributed by atoms with Gasteiger partial charge in [-0.1, -0.05) is 40.2 Å². The first-order valence-corrected chi connectivity index (χ1v) is 8.21. The Kier molecular flexibility index (Phi) is 4.44. The maximum Gasteiger partial charge on any atom is 0.0999 e. The molecule has 1 atom stereocenters. The number of rotatable bonds is 3. The van der Waals surface area contributed by atoms with Gasteiger partial charge in [0.2, 0.25) is 0 Å². The second kappa shape index (κ2) is 6.29. The lowest BCUT2D eigenvalue weighted by Gasteiger charge is -2.26. The molecule has 0 aliphatic carbocycles. The topological polar surface area (TPSA) is 21.3 Å². The highest BCUT2D eigenvalue weighted by Gasteiger charge is 2.20. The van der Waals surface area contributed by atoms with Crippen LogP contribution in [0.25, 0.3) is 0 Å². The summed E-state index contributed by atoms with van der Waals surface area (Å²) in [4.78, 5) is 0. The fraction of sp³-hybridized carbons (Fsp3) is 0.250. The molecule has 20 heavy (non-hydrogen) atoms. The largest absolute Gasteiger partial charge is 0.381 e. The molecular weight excluding hydrogens is 382 g/mol. The second-order valence-electron chi connectivity index (χ2n) is 4.81. The van der Waals surface area contributed by atoms with Gasteiger partial charge >= 0.3 is 0 Å². The number of hydrogen-bond acceptors (Lipinski definition) is 2. The Morgan fingerprint density at radius 3 is 2.85 bits per heavy atom. The van der Waals surface area contributed by atoms with E-state index in [1.165, 1.54) is 11.1 Å². The van der Waals surface area contributed by atoms with Crippen LogP contribution in [0.2, 0.25) is 0 Å². The smallest absolute Gasteiger partial charge is 0.0999 e. The fourth-order valence-electron chi connectivity index (χ4n) is 2.48. The van der Waals surface area contributed by atoms with E-state index >= 15 is 0 Å². The van der Waals surface area contributed by atoms with Crippen molar-refractivity contribution in [2.24, 2.45) is 0 Å². The SMILES string of the molecule is Brc1ccc(NCC2OCCc3ccccc32)c(Br)c1. The lowest BCUT2D eigenvalue weighted by molar-refractivity contribution is 0.0513. The van der Waals surface area contributed by atoms with Crippen LogP contribution in [0, 0.1) is 0 Å². The van der Waals surface area contributed by atoms with Gasteiger partial charge in [0.05, 0.1) is 12.7 Å². The van der Waals surface area contributed by atoms with Gasteiger partial charge in [0.15, 0.2) is 0 Å². The molecule has 2 aromatic carbocycles. The van der Waals surface area contributed by atoms with E-state index in [2.05, 4.69) is 67.5 Å². The van der Waals surface area contributed by atoms with Crippen molar-refractivity contribution in [1.29, 1.82) is 0 Å². The Hall–Kier alpha value is -0.840. The molecule has 3 rings (SSSR count). The molecule has 2 aromatic rings. The molecule has 0 radical (unpaired) electrons. The van der Waals surface area contributed by atoms with Gasteiger partial charge < -0.3 is 10.1 Å². The van der Waals surface area contributed by atoms with Crippen LogP contribution < -0.4 is 5.32 Å². The minimum absolute atomic E-state index is 0.121. The average Bonchev–Trinajstić information content (AvgIpc) is 2.46. The molecule has 0 amide bonds. The fourth-order valence-corrected chi connectivity index (χ4v) is 3.67. The zero-order valence-electron chi connectivity index (χ0n) is 10.9. The molecule has 104 valence electrons. The number of fused-ring (bicyclic) bond motifs is 1. The molecule has 1 N–H and O–H groups in total. The summed E-state index contributed by atoms with van der Waals surface area (Å²) < 4.78 is 8.02. The van der Waals surface area contributed by atoms with Gasteiger partial charge in [0.1, 0.15) is 0 Å². The Morgan fingerprint density at radius 1 is 1.15 bits per heavy atom. The first-order chi connectivity index (χ1) is 9.74. The Labute approximate surface area is 135 Å². The Bertz CT molecular complexity index is 615. The highest BCUT2D eigenvalue weighted by molar-refractivity contribution is 9.11. The summed E-state index contributed by atoms with van der Waals surface area (Å²) in [6.45, 7) is 1.57. The molecule has 0 bridgehead atoms. The first kappa shape index (κ1) is 14.1. The van der Waals surface area contributed by atoms with Crippen molar-refractivity contribution < 1.29 is 4.74 Å². The van der Waals surface area contributed by atoms with E-state index < -0.39 is 0 Å². The van der Waals surface area contributed by atoms with Crippen LogP contribution in [0.4, 0.5) is 5.69 Å². The van der Waals surface area contributed by atoms with E-state index in [4.69, 9.17) is 4.74 Å². The van der Waals surface area contributed by atoms with Crippen LogP contribution in [0.1, 0.15) is 17.2 Å². The number of nitrogens with one attached hydrogen (secondary N) is 1. The number of anilines is 1. The van der Waals surface area contributed by atoms with Gasteiger partial charge in [-0.15, -0.1) is 0 Å². The van der Waals surface area contributed by atoms with Crippen molar-refractivity contribution in [3.05, 3.63) is 62.5 Å². The summed E-state index contributed by atoms with van der Waals surface area (Å²) in [6.07, 6.45) is 1.13. The standard InChI is InChI=1S/C16H15Br2NO/c17-12-5-6-15(14(18)9-12)19-10-16-13-4-2-1-3-11(13)7-8-20-16/h1-6,9,16,19H,7-8,10H2. The number of halogens is 2. The predicted octanol–water partition coefficient (Wildman–Crippen LogP) is 4.94. The Morgan fingerprint density at radius 2 is 2.00 bits per heavy atom. The van der Waals surface area contributed by atoms with E-state index in [1.807, 2.05) is 12.1 Å². The number of hydrogen-bond donors (Lipinski definition) is 1. The monoisotopic (exact) mass is 395 g/mol. The molecule has 1 aliphatic heterocycles. The molecule has 0 saturated carbocycles. The summed E-state index contributed by atoms with van der Waals surface area (Å²) >= 11 is 7.03. The highest BCUT2D eigenvalue weighted by atomic mass is 79.9. The van der Waals surface area contributed by atoms with Crippen molar-refractivity contribution in [2.45, 2.75) is 12.5 Å². The van der Waals surface area contributed by atoms with Crippen LogP contribution >= 0.6 is 31.9 Å². The van der Waals surface area contributed by atoms with Gasteiger partial charge in [-0.3, -0.25) is 0 Å². The van der Waals surface area contributed by atoms with E-state index in [-0.39, 0.29) is 6.10 Å². The van der Waals surface area contributed by atoms with E-state index in [9.17, 15) is 0 Å². The van der Waals surface area contributed by atoms with Crippen LogP contribution in [-0.2, 0) is 11.2 Å². The minimum Gasteiger partial charge on any atom is -0.381 e. The van der Waals surface area contributed by atoms with Gasteiger partial charge in [-0.25, -0.2) is 0 Å². The van der Waals surface area contributed by atoms with Gasteiger partial charge in [-0.05, 0) is 51.7 Å². The third-order valence-electron chi connectivity index (χ3n) is 3.50. The van der Waals surface area contributed by atoms with Crippen LogP contribution in [0.15, 0.2) is 51.4 Å². The van der Waals surface area contributed by atoms with Crippen molar-refractivity contribution in [1.82, 2.24) is 0 Å². The third kappa shape index (κ3) is 3.08. The lowest BCUT2D eigenvalue weighted by atomic mass is 9.97. The highest BCUT2D eigenvalue weighted by Crippen LogP contribution is 2.30. The molecular formula is C16H15Br2NO. The zero-order chi connectivity index (χ0) is 13.9. The lowest BCUT2D eigenvalue weighted by Crippen LogP contribution is -2.22. The molecule has 2 nitrogen and oxygen atoms in total. The van der Waals surface area contributed by atoms with Crippen LogP contribution in [-0.4, -0.2) is 13.2 Å². The zero-order valence-corrected chi connectivity index (χ0v) is 14.1. The maximum absolute atomic E-state index is 5.90. The van der Waals surface area contributed by atoms with E-state index in [0.29, 0.717) is 0 Å². The quantitative estimate of drug-likeness (QED) is 0.793. The molecule has 1 aliphatic rings. The van der Waals surface area contributed by atoms with Gasteiger partial charge in [0.25, 0.3) is 0 Å². The van der Waals surface area contributed by atoms with Crippen LogP contribution in [0.5, 0.6) is 0 Å². The van der Waals surface area contributed by atoms with Crippen molar-refractivity contribution in [2.75, 3.05) is 18.5 Å². The molecule has 0 fully saturated rings. The molecule has 0 saturated heterocycles. The summed E-state index contributed by atoms with van der Waals surface area (Å²) in [5, 5.41) is 3.46. The summed E-state index contributed by atoms with van der Waals surface area (Å²) in [5.74, 6) is 0. The molecule has 0 spiro atoms.